The van der Waals surface area contributed by atoms with E-state index in [1.54, 1.807) is 12.1 Å². The zero-order valence-corrected chi connectivity index (χ0v) is 9.24. The molecule has 0 amide bonds. The summed E-state index contributed by atoms with van der Waals surface area (Å²) in [5.41, 5.74) is 5.59. The van der Waals surface area contributed by atoms with Gasteiger partial charge in [0.05, 0.1) is 0 Å². The smallest absolute Gasteiger partial charge is 0.364 e. The number of nitrogen functional groups attached to an aromatic ring is 1. The first-order valence-electron chi connectivity index (χ1n) is 5.06. The molecule has 6 nitrogen and oxygen atoms in total. The van der Waals surface area contributed by atoms with Crippen LogP contribution >= 0.6 is 0 Å². The van der Waals surface area contributed by atoms with Gasteiger partial charge in [-0.05, 0) is 24.3 Å². The van der Waals surface area contributed by atoms with E-state index in [4.69, 9.17) is 5.73 Å². The fraction of sp³-hybridized carbons (Fsp3) is 0. The van der Waals surface area contributed by atoms with Crippen molar-refractivity contribution in [2.75, 3.05) is 5.73 Å². The quantitative estimate of drug-likeness (QED) is 0.625. The SMILES string of the molecule is Nc1ncccc1C(=O)OC(=O)c1ccccn1. The van der Waals surface area contributed by atoms with Crippen molar-refractivity contribution in [3.8, 4) is 0 Å². The molecule has 0 fully saturated rings. The Bertz CT molecular complexity index is 584. The largest absolute Gasteiger partial charge is 0.384 e. The van der Waals surface area contributed by atoms with Crippen molar-refractivity contribution in [3.63, 3.8) is 0 Å². The molecule has 18 heavy (non-hydrogen) atoms. The average molecular weight is 243 g/mol. The van der Waals surface area contributed by atoms with Gasteiger partial charge in [0.25, 0.3) is 0 Å². The molecule has 0 aliphatic rings. The molecule has 0 bridgehead atoms. The van der Waals surface area contributed by atoms with E-state index < -0.39 is 11.9 Å². The van der Waals surface area contributed by atoms with Crippen molar-refractivity contribution >= 4 is 17.8 Å². The van der Waals surface area contributed by atoms with Gasteiger partial charge in [-0.3, -0.25) is 0 Å². The Morgan fingerprint density at radius 3 is 2.44 bits per heavy atom. The molecule has 0 atom stereocenters. The topological polar surface area (TPSA) is 95.2 Å². The molecule has 0 spiro atoms. The third-order valence-corrected chi connectivity index (χ3v) is 2.12. The second-order valence-electron chi connectivity index (χ2n) is 3.33. The minimum atomic E-state index is -0.851. The lowest BCUT2D eigenvalue weighted by atomic mass is 10.2. The summed E-state index contributed by atoms with van der Waals surface area (Å²) < 4.78 is 4.64. The van der Waals surface area contributed by atoms with Crippen LogP contribution in [-0.2, 0) is 4.74 Å². The number of pyridine rings is 2. The van der Waals surface area contributed by atoms with Crippen molar-refractivity contribution < 1.29 is 14.3 Å². The predicted molar refractivity (Wildman–Crippen MR) is 62.6 cm³/mol. The number of rotatable bonds is 2. The molecule has 2 aromatic rings. The van der Waals surface area contributed by atoms with Crippen LogP contribution in [0.1, 0.15) is 20.8 Å². The zero-order chi connectivity index (χ0) is 13.0. The molecule has 2 N–H and O–H groups in total. The molecule has 0 aromatic carbocycles. The lowest BCUT2D eigenvalue weighted by Gasteiger charge is -2.03. The van der Waals surface area contributed by atoms with Crippen LogP contribution in [0.3, 0.4) is 0 Å². The fourth-order valence-corrected chi connectivity index (χ4v) is 1.27. The molecule has 0 saturated heterocycles. The Kier molecular flexibility index (Phi) is 3.29. The summed E-state index contributed by atoms with van der Waals surface area (Å²) in [5.74, 6) is -1.67. The first-order valence-corrected chi connectivity index (χ1v) is 5.06. The molecular formula is C12H9N3O3. The Morgan fingerprint density at radius 2 is 1.78 bits per heavy atom. The summed E-state index contributed by atoms with van der Waals surface area (Å²) in [7, 11) is 0. The summed E-state index contributed by atoms with van der Waals surface area (Å²) in [4.78, 5) is 30.7. The Labute approximate surface area is 102 Å². The van der Waals surface area contributed by atoms with Gasteiger partial charge in [0, 0.05) is 12.4 Å². The standard InChI is InChI=1S/C12H9N3O3/c13-10-8(4-3-7-15-10)11(16)18-12(17)9-5-1-2-6-14-9/h1-7H,(H2,13,15). The number of carbonyl (C=O) groups is 2. The van der Waals surface area contributed by atoms with Gasteiger partial charge in [-0.1, -0.05) is 6.07 Å². The highest BCUT2D eigenvalue weighted by Gasteiger charge is 2.17. The van der Waals surface area contributed by atoms with Crippen molar-refractivity contribution in [3.05, 3.63) is 54.0 Å². The van der Waals surface area contributed by atoms with Crippen molar-refractivity contribution in [1.29, 1.82) is 0 Å². The van der Waals surface area contributed by atoms with Crippen LogP contribution < -0.4 is 5.73 Å². The molecule has 0 unspecified atom stereocenters. The van der Waals surface area contributed by atoms with Gasteiger partial charge in [0.2, 0.25) is 0 Å². The van der Waals surface area contributed by atoms with Crippen molar-refractivity contribution in [2.24, 2.45) is 0 Å². The number of anilines is 1. The second kappa shape index (κ2) is 5.05. The number of carbonyl (C=O) groups excluding carboxylic acids is 2. The lowest BCUT2D eigenvalue weighted by molar-refractivity contribution is 0.0394. The van der Waals surface area contributed by atoms with Gasteiger partial charge in [0.1, 0.15) is 17.1 Å². The van der Waals surface area contributed by atoms with Gasteiger partial charge in [-0.15, -0.1) is 0 Å². The predicted octanol–water partition coefficient (Wildman–Crippen LogP) is 1.06. The fourth-order valence-electron chi connectivity index (χ4n) is 1.27. The van der Waals surface area contributed by atoms with Gasteiger partial charge >= 0.3 is 11.9 Å². The first-order chi connectivity index (χ1) is 8.68. The highest BCUT2D eigenvalue weighted by Crippen LogP contribution is 2.09. The molecule has 2 heterocycles. The van der Waals surface area contributed by atoms with E-state index in [2.05, 4.69) is 14.7 Å². The van der Waals surface area contributed by atoms with Gasteiger partial charge in [0.15, 0.2) is 0 Å². The van der Waals surface area contributed by atoms with Crippen LogP contribution in [0.4, 0.5) is 5.82 Å². The number of ether oxygens (including phenoxy) is 1. The van der Waals surface area contributed by atoms with E-state index in [-0.39, 0.29) is 17.1 Å². The molecule has 2 rings (SSSR count). The normalized spacial score (nSPS) is 9.78. The van der Waals surface area contributed by atoms with E-state index in [0.29, 0.717) is 0 Å². The van der Waals surface area contributed by atoms with E-state index in [1.807, 2.05) is 0 Å². The summed E-state index contributed by atoms with van der Waals surface area (Å²) in [6, 6.07) is 7.67. The number of hydrogen-bond acceptors (Lipinski definition) is 6. The van der Waals surface area contributed by atoms with E-state index in [9.17, 15) is 9.59 Å². The molecule has 0 radical (unpaired) electrons. The number of aromatic nitrogens is 2. The number of hydrogen-bond donors (Lipinski definition) is 1. The third kappa shape index (κ3) is 2.49. The maximum Gasteiger partial charge on any atom is 0.364 e. The maximum atomic E-state index is 11.7. The molecule has 2 aromatic heterocycles. The van der Waals surface area contributed by atoms with Gasteiger partial charge < -0.3 is 10.5 Å². The molecule has 0 saturated carbocycles. The van der Waals surface area contributed by atoms with E-state index in [0.717, 1.165) is 0 Å². The zero-order valence-electron chi connectivity index (χ0n) is 9.24. The molecule has 6 heteroatoms. The Morgan fingerprint density at radius 1 is 1.00 bits per heavy atom. The Hall–Kier alpha value is -2.76. The van der Waals surface area contributed by atoms with Crippen LogP contribution in [0.25, 0.3) is 0 Å². The lowest BCUT2D eigenvalue weighted by Crippen LogP contribution is -2.15. The molecule has 0 aliphatic heterocycles. The summed E-state index contributed by atoms with van der Waals surface area (Å²) in [5, 5.41) is 0. The van der Waals surface area contributed by atoms with E-state index >= 15 is 0 Å². The first kappa shape index (κ1) is 11.7. The Balaban J connectivity index is 2.14. The summed E-state index contributed by atoms with van der Waals surface area (Å²) >= 11 is 0. The van der Waals surface area contributed by atoms with Gasteiger partial charge in [-0.2, -0.15) is 0 Å². The number of nitrogens with zero attached hydrogens (tertiary/aromatic N) is 2. The molecule has 0 aliphatic carbocycles. The minimum absolute atomic E-state index is 0.0105. The van der Waals surface area contributed by atoms with Crippen molar-refractivity contribution in [2.45, 2.75) is 0 Å². The van der Waals surface area contributed by atoms with Crippen LogP contribution in [0.2, 0.25) is 0 Å². The van der Waals surface area contributed by atoms with Crippen LogP contribution in [-0.4, -0.2) is 21.9 Å². The van der Waals surface area contributed by atoms with Gasteiger partial charge in [-0.25, -0.2) is 19.6 Å². The van der Waals surface area contributed by atoms with Crippen LogP contribution in [0, 0.1) is 0 Å². The van der Waals surface area contributed by atoms with Crippen LogP contribution in [0.5, 0.6) is 0 Å². The highest BCUT2D eigenvalue weighted by atomic mass is 16.6. The minimum Gasteiger partial charge on any atom is -0.384 e. The molecule has 90 valence electrons. The van der Waals surface area contributed by atoms with Crippen LogP contribution in [0.15, 0.2) is 42.7 Å². The summed E-state index contributed by atoms with van der Waals surface area (Å²) in [6.07, 6.45) is 2.87. The summed E-state index contributed by atoms with van der Waals surface area (Å²) in [6.45, 7) is 0. The third-order valence-electron chi connectivity index (χ3n) is 2.12. The number of esters is 2. The van der Waals surface area contributed by atoms with Crippen molar-refractivity contribution in [1.82, 2.24) is 9.97 Å². The highest BCUT2D eigenvalue weighted by molar-refractivity contribution is 6.03. The maximum absolute atomic E-state index is 11.7. The van der Waals surface area contributed by atoms with E-state index in [1.165, 1.54) is 30.6 Å². The molecular weight excluding hydrogens is 234 g/mol. The monoisotopic (exact) mass is 243 g/mol. The average Bonchev–Trinajstić information content (AvgIpc) is 2.40. The second-order valence-corrected chi connectivity index (χ2v) is 3.33. The number of nitrogens with two attached hydrogens (primary N) is 1.